The average Bonchev–Trinajstić information content (AvgIpc) is 3.40. The summed E-state index contributed by atoms with van der Waals surface area (Å²) in [5.41, 5.74) is 2.00. The van der Waals surface area contributed by atoms with Gasteiger partial charge in [-0.05, 0) is 38.2 Å². The van der Waals surface area contributed by atoms with Crippen molar-refractivity contribution in [2.24, 2.45) is 5.92 Å². The maximum Gasteiger partial charge on any atom is 0.255 e. The number of nitrogens with one attached hydrogen (secondary N) is 2. The fourth-order valence-corrected chi connectivity index (χ4v) is 4.41. The number of fused-ring (bicyclic) bond motifs is 1. The molecule has 1 aromatic carbocycles. The summed E-state index contributed by atoms with van der Waals surface area (Å²) in [6.07, 6.45) is 4.58. The quantitative estimate of drug-likeness (QED) is 0.435. The Hall–Kier alpha value is -3.73. The second-order valence-electron chi connectivity index (χ2n) is 9.30. The summed E-state index contributed by atoms with van der Waals surface area (Å²) in [7, 11) is 1.39. The van der Waals surface area contributed by atoms with E-state index in [0.717, 1.165) is 12.8 Å². The molecule has 36 heavy (non-hydrogen) atoms. The van der Waals surface area contributed by atoms with Crippen LogP contribution < -0.4 is 14.8 Å². The van der Waals surface area contributed by atoms with E-state index in [-0.39, 0.29) is 23.6 Å². The van der Waals surface area contributed by atoms with Gasteiger partial charge in [-0.15, -0.1) is 0 Å². The van der Waals surface area contributed by atoms with Crippen molar-refractivity contribution < 1.29 is 28.6 Å². The number of rotatable bonds is 8. The molecule has 2 aromatic heterocycles. The number of methoxy groups -OCH3 is 1. The van der Waals surface area contributed by atoms with Gasteiger partial charge in [-0.25, -0.2) is 14.4 Å². The number of likely N-dealkylation sites (tertiary alicyclic amines) is 1. The Balaban J connectivity index is 1.42. The van der Waals surface area contributed by atoms with Gasteiger partial charge in [-0.2, -0.15) is 0 Å². The van der Waals surface area contributed by atoms with Crippen molar-refractivity contribution in [1.82, 2.24) is 25.2 Å². The van der Waals surface area contributed by atoms with Crippen LogP contribution in [0.2, 0.25) is 0 Å². The number of hydrogen-bond acceptors (Lipinski definition) is 7. The number of carbonyl (C=O) groups is 2. The minimum Gasteiger partial charge on any atom is -0.494 e. The first-order valence-electron chi connectivity index (χ1n) is 12.0. The van der Waals surface area contributed by atoms with Crippen molar-refractivity contribution >= 4 is 22.8 Å². The van der Waals surface area contributed by atoms with Crippen molar-refractivity contribution in [3.63, 3.8) is 0 Å². The Bertz CT molecular complexity index is 1310. The number of nitrogens with zero attached hydrogens (tertiary/aromatic N) is 3. The third kappa shape index (κ3) is 4.70. The van der Waals surface area contributed by atoms with Crippen LogP contribution in [0.1, 0.15) is 36.5 Å². The Morgan fingerprint density at radius 2 is 2.08 bits per heavy atom. The van der Waals surface area contributed by atoms with Gasteiger partial charge in [0, 0.05) is 37.0 Å². The van der Waals surface area contributed by atoms with Gasteiger partial charge in [-0.3, -0.25) is 9.59 Å². The molecular formula is C25H28FN5O5. The molecule has 3 aromatic rings. The number of H-pyrrole nitrogens is 1. The summed E-state index contributed by atoms with van der Waals surface area (Å²) < 4.78 is 25.8. The molecule has 5 rings (SSSR count). The van der Waals surface area contributed by atoms with Gasteiger partial charge in [-0.1, -0.05) is 0 Å². The molecule has 11 heteroatoms. The normalized spacial score (nSPS) is 18.3. The number of ether oxygens (including phenoxy) is 2. The number of hydrogen-bond donors (Lipinski definition) is 3. The van der Waals surface area contributed by atoms with Crippen molar-refractivity contribution in [3.8, 4) is 22.8 Å². The van der Waals surface area contributed by atoms with E-state index in [0.29, 0.717) is 65.6 Å². The van der Waals surface area contributed by atoms with Gasteiger partial charge in [0.15, 0.2) is 11.6 Å². The highest BCUT2D eigenvalue weighted by Gasteiger charge is 2.30. The largest absolute Gasteiger partial charge is 0.494 e. The Labute approximate surface area is 206 Å². The summed E-state index contributed by atoms with van der Waals surface area (Å²) in [5.74, 6) is -0.269. The zero-order valence-electron chi connectivity index (χ0n) is 20.1. The average molecular weight is 498 g/mol. The molecular weight excluding hydrogens is 469 g/mol. The minimum absolute atomic E-state index is 0.0704. The first-order chi connectivity index (χ1) is 17.4. The molecule has 2 aliphatic rings. The van der Waals surface area contributed by atoms with Crippen molar-refractivity contribution in [1.29, 1.82) is 0 Å². The first-order valence-corrected chi connectivity index (χ1v) is 12.0. The van der Waals surface area contributed by atoms with E-state index >= 15 is 0 Å². The lowest BCUT2D eigenvalue weighted by atomic mass is 10.1. The maximum atomic E-state index is 14.7. The van der Waals surface area contributed by atoms with Crippen LogP contribution in [0.3, 0.4) is 0 Å². The fraction of sp³-hybridized carbons (Fsp3) is 0.440. The van der Waals surface area contributed by atoms with Crippen LogP contribution in [0.25, 0.3) is 22.3 Å². The highest BCUT2D eigenvalue weighted by molar-refractivity contribution is 6.08. The smallest absolute Gasteiger partial charge is 0.255 e. The number of aromatic nitrogens is 3. The van der Waals surface area contributed by atoms with E-state index < -0.39 is 11.9 Å². The van der Waals surface area contributed by atoms with Gasteiger partial charge in [0.1, 0.15) is 29.4 Å². The summed E-state index contributed by atoms with van der Waals surface area (Å²) in [6.45, 7) is 2.73. The summed E-state index contributed by atoms with van der Waals surface area (Å²) in [5, 5.41) is 12.5. The lowest BCUT2D eigenvalue weighted by Crippen LogP contribution is -2.40. The molecule has 2 atom stereocenters. The van der Waals surface area contributed by atoms with Crippen LogP contribution in [0, 0.1) is 11.7 Å². The molecule has 2 fully saturated rings. The molecule has 1 aliphatic heterocycles. The van der Waals surface area contributed by atoms with Crippen LogP contribution in [0.15, 0.2) is 24.7 Å². The van der Waals surface area contributed by atoms with Gasteiger partial charge < -0.3 is 29.8 Å². The maximum absolute atomic E-state index is 14.7. The van der Waals surface area contributed by atoms with Crippen LogP contribution >= 0.6 is 0 Å². The Morgan fingerprint density at radius 1 is 1.28 bits per heavy atom. The van der Waals surface area contributed by atoms with Crippen LogP contribution in [-0.2, 0) is 4.79 Å². The van der Waals surface area contributed by atoms with E-state index in [1.165, 1.54) is 43.6 Å². The molecule has 10 nitrogen and oxygen atoms in total. The fourth-order valence-electron chi connectivity index (χ4n) is 4.41. The summed E-state index contributed by atoms with van der Waals surface area (Å²) in [4.78, 5) is 38.4. The monoisotopic (exact) mass is 497 g/mol. The van der Waals surface area contributed by atoms with E-state index in [2.05, 4.69) is 20.3 Å². The number of carbonyl (C=O) groups excluding carboxylic acids is 2. The third-order valence-electron chi connectivity index (χ3n) is 6.58. The van der Waals surface area contributed by atoms with Crippen molar-refractivity contribution in [3.05, 3.63) is 36.0 Å². The van der Waals surface area contributed by atoms with Crippen LogP contribution in [0.5, 0.6) is 11.5 Å². The third-order valence-corrected chi connectivity index (χ3v) is 6.58. The highest BCUT2D eigenvalue weighted by Crippen LogP contribution is 2.39. The van der Waals surface area contributed by atoms with Crippen molar-refractivity contribution in [2.75, 3.05) is 26.8 Å². The van der Waals surface area contributed by atoms with Gasteiger partial charge in [0.05, 0.1) is 24.8 Å². The second kappa shape index (κ2) is 9.73. The first kappa shape index (κ1) is 24.0. The topological polar surface area (TPSA) is 130 Å². The molecule has 0 unspecified atom stereocenters. The number of benzene rings is 1. The number of aliphatic hydroxyl groups is 1. The number of amides is 2. The molecule has 2 amide bonds. The molecule has 1 saturated carbocycles. The van der Waals surface area contributed by atoms with Crippen molar-refractivity contribution in [2.45, 2.75) is 38.3 Å². The lowest BCUT2D eigenvalue weighted by Gasteiger charge is -2.18. The second-order valence-corrected chi connectivity index (χ2v) is 9.30. The molecule has 0 bridgehead atoms. The standard InChI is InChI=1S/C25H28FN5O5/c1-13(32)25(34)31-6-5-15(10-31)30-24(33)17-9-27-23-21(28-12-29-22(17)23)16-7-18(26)20(35-2)8-19(16)36-11-14-3-4-14/h7-9,12-15,27,32H,3-6,10-11H2,1-2H3,(H,30,33)/t13-,15+/m0/s1. The van der Waals surface area contributed by atoms with Crippen LogP contribution in [0.4, 0.5) is 4.39 Å². The van der Waals surface area contributed by atoms with Gasteiger partial charge in [0.25, 0.3) is 11.8 Å². The predicted octanol–water partition coefficient (Wildman–Crippen LogP) is 2.27. The van der Waals surface area contributed by atoms with E-state index in [9.17, 15) is 19.1 Å². The summed E-state index contributed by atoms with van der Waals surface area (Å²) in [6, 6.07) is 2.58. The molecule has 1 aliphatic carbocycles. The van der Waals surface area contributed by atoms with Crippen LogP contribution in [-0.4, -0.2) is 75.7 Å². The number of aromatic amines is 1. The number of aliphatic hydroxyl groups excluding tert-OH is 1. The molecule has 3 N–H and O–H groups in total. The van der Waals surface area contributed by atoms with Gasteiger partial charge in [0.2, 0.25) is 0 Å². The summed E-state index contributed by atoms with van der Waals surface area (Å²) >= 11 is 0. The number of halogens is 1. The van der Waals surface area contributed by atoms with E-state index in [4.69, 9.17) is 9.47 Å². The molecule has 0 spiro atoms. The highest BCUT2D eigenvalue weighted by atomic mass is 19.1. The molecule has 1 saturated heterocycles. The van der Waals surface area contributed by atoms with Gasteiger partial charge >= 0.3 is 0 Å². The predicted molar refractivity (Wildman–Crippen MR) is 128 cm³/mol. The van der Waals surface area contributed by atoms with E-state index in [1.807, 2.05) is 0 Å². The zero-order chi connectivity index (χ0) is 25.4. The zero-order valence-corrected chi connectivity index (χ0v) is 20.1. The van der Waals surface area contributed by atoms with E-state index in [1.54, 1.807) is 0 Å². The molecule has 3 heterocycles. The Kier molecular flexibility index (Phi) is 6.48. The SMILES string of the molecule is COc1cc(OCC2CC2)c(-c2ncnc3c(C(=O)N[C@@H]4CCN(C(=O)[C@H](C)O)C4)c[nH]c23)cc1F. The minimum atomic E-state index is -1.08. The lowest BCUT2D eigenvalue weighted by molar-refractivity contribution is -0.138. The Morgan fingerprint density at radius 3 is 2.81 bits per heavy atom. The molecule has 0 radical (unpaired) electrons. The molecule has 190 valence electrons.